The largest absolute Gasteiger partial charge is 0.493 e. The average molecular weight is 374 g/mol. The summed E-state index contributed by atoms with van der Waals surface area (Å²) in [4.78, 5) is 2.08. The van der Waals surface area contributed by atoms with Crippen LogP contribution >= 0.6 is 11.6 Å². The molecule has 1 aromatic heterocycles. The van der Waals surface area contributed by atoms with E-state index in [9.17, 15) is 0 Å². The number of rotatable bonds is 7. The molecule has 0 N–H and O–H groups in total. The van der Waals surface area contributed by atoms with Crippen molar-refractivity contribution in [2.75, 3.05) is 21.3 Å². The van der Waals surface area contributed by atoms with Crippen molar-refractivity contribution in [2.45, 2.75) is 13.1 Å². The first kappa shape index (κ1) is 18.2. The number of nitrogens with zero attached hydrogens (tertiary/aromatic N) is 3. The summed E-state index contributed by atoms with van der Waals surface area (Å²) in [6, 6.07) is 13.2. The third-order valence-corrected chi connectivity index (χ3v) is 4.12. The monoisotopic (exact) mass is 373 g/mol. The van der Waals surface area contributed by atoms with E-state index in [1.165, 1.54) is 0 Å². The van der Waals surface area contributed by atoms with Gasteiger partial charge in [-0.3, -0.25) is 4.90 Å². The van der Waals surface area contributed by atoms with Gasteiger partial charge in [-0.2, -0.15) is 0 Å². The van der Waals surface area contributed by atoms with Gasteiger partial charge in [-0.25, -0.2) is 0 Å². The number of hydrogen-bond acceptors (Lipinski definition) is 6. The fraction of sp³-hybridized carbons (Fsp3) is 0.263. The molecule has 3 rings (SSSR count). The fourth-order valence-electron chi connectivity index (χ4n) is 2.60. The topological polar surface area (TPSA) is 60.6 Å². The lowest BCUT2D eigenvalue weighted by atomic mass is 10.2. The van der Waals surface area contributed by atoms with E-state index in [4.69, 9.17) is 25.5 Å². The summed E-state index contributed by atoms with van der Waals surface area (Å²) in [5.74, 6) is 2.46. The van der Waals surface area contributed by atoms with Gasteiger partial charge >= 0.3 is 0 Å². The third-order valence-electron chi connectivity index (χ3n) is 3.86. The number of halogens is 1. The van der Waals surface area contributed by atoms with Crippen LogP contribution in [0.2, 0.25) is 5.02 Å². The molecule has 0 fully saturated rings. The molecule has 0 aliphatic heterocycles. The molecule has 7 heteroatoms. The van der Waals surface area contributed by atoms with E-state index in [-0.39, 0.29) is 0 Å². The minimum Gasteiger partial charge on any atom is -0.493 e. The Morgan fingerprint density at radius 3 is 2.38 bits per heavy atom. The minimum atomic E-state index is 0.483. The number of ether oxygens (including phenoxy) is 2. The van der Waals surface area contributed by atoms with Crippen LogP contribution in [0.5, 0.6) is 11.5 Å². The molecule has 136 valence electrons. The van der Waals surface area contributed by atoms with Crippen molar-refractivity contribution in [3.8, 4) is 23.0 Å². The van der Waals surface area contributed by atoms with Crippen LogP contribution in [0.4, 0.5) is 0 Å². The maximum atomic E-state index is 5.90. The first-order valence-corrected chi connectivity index (χ1v) is 8.44. The first-order valence-electron chi connectivity index (χ1n) is 8.07. The molecule has 0 unspecified atom stereocenters. The zero-order valence-corrected chi connectivity index (χ0v) is 15.7. The molecule has 1 heterocycles. The average Bonchev–Trinajstić information content (AvgIpc) is 3.10. The number of aromatic nitrogens is 2. The molecule has 0 saturated heterocycles. The number of benzene rings is 2. The highest BCUT2D eigenvalue weighted by Gasteiger charge is 2.12. The van der Waals surface area contributed by atoms with Gasteiger partial charge in [0.25, 0.3) is 0 Å². The summed E-state index contributed by atoms with van der Waals surface area (Å²) < 4.78 is 16.4. The van der Waals surface area contributed by atoms with E-state index < -0.39 is 0 Å². The van der Waals surface area contributed by atoms with Crippen molar-refractivity contribution in [1.29, 1.82) is 0 Å². The molecule has 3 aromatic rings. The molecule has 26 heavy (non-hydrogen) atoms. The van der Waals surface area contributed by atoms with Crippen LogP contribution in [-0.4, -0.2) is 36.4 Å². The normalized spacial score (nSPS) is 11.0. The zero-order valence-electron chi connectivity index (χ0n) is 14.9. The Bertz CT molecular complexity index is 865. The molecule has 0 spiro atoms. The second-order valence-electron chi connectivity index (χ2n) is 5.87. The Morgan fingerprint density at radius 2 is 1.69 bits per heavy atom. The molecule has 0 aliphatic carbocycles. The molecule has 0 amide bonds. The zero-order chi connectivity index (χ0) is 18.5. The van der Waals surface area contributed by atoms with Gasteiger partial charge in [-0.15, -0.1) is 10.2 Å². The van der Waals surface area contributed by atoms with Crippen LogP contribution in [0.3, 0.4) is 0 Å². The van der Waals surface area contributed by atoms with Crippen molar-refractivity contribution >= 4 is 11.6 Å². The lowest BCUT2D eigenvalue weighted by Gasteiger charge is -2.16. The predicted octanol–water partition coefficient (Wildman–Crippen LogP) is 4.04. The summed E-state index contributed by atoms with van der Waals surface area (Å²) in [5, 5.41) is 8.89. The lowest BCUT2D eigenvalue weighted by Crippen LogP contribution is -2.17. The van der Waals surface area contributed by atoms with Crippen molar-refractivity contribution in [3.05, 3.63) is 58.9 Å². The predicted molar refractivity (Wildman–Crippen MR) is 99.5 cm³/mol. The molecule has 0 atom stereocenters. The van der Waals surface area contributed by atoms with Crippen molar-refractivity contribution in [1.82, 2.24) is 15.1 Å². The molecule has 0 saturated carbocycles. The van der Waals surface area contributed by atoms with E-state index >= 15 is 0 Å². The first-order chi connectivity index (χ1) is 12.6. The van der Waals surface area contributed by atoms with E-state index in [2.05, 4.69) is 15.1 Å². The fourth-order valence-corrected chi connectivity index (χ4v) is 2.73. The van der Waals surface area contributed by atoms with Gasteiger partial charge in [0, 0.05) is 17.1 Å². The second-order valence-corrected chi connectivity index (χ2v) is 6.31. The summed E-state index contributed by atoms with van der Waals surface area (Å²) >= 11 is 5.90. The van der Waals surface area contributed by atoms with Crippen LogP contribution in [0.1, 0.15) is 11.5 Å². The Hall–Kier alpha value is -2.57. The van der Waals surface area contributed by atoms with Crippen LogP contribution in [0.25, 0.3) is 11.5 Å². The maximum Gasteiger partial charge on any atom is 0.247 e. The van der Waals surface area contributed by atoms with E-state index in [1.54, 1.807) is 26.4 Å². The van der Waals surface area contributed by atoms with Crippen molar-refractivity contribution < 1.29 is 13.9 Å². The van der Waals surface area contributed by atoms with Crippen LogP contribution < -0.4 is 9.47 Å². The van der Waals surface area contributed by atoms with Gasteiger partial charge < -0.3 is 13.9 Å². The Morgan fingerprint density at radius 1 is 0.962 bits per heavy atom. The molecule has 0 radical (unpaired) electrons. The highest BCUT2D eigenvalue weighted by Crippen LogP contribution is 2.28. The molecule has 6 nitrogen and oxygen atoms in total. The molecular weight excluding hydrogens is 354 g/mol. The summed E-state index contributed by atoms with van der Waals surface area (Å²) in [6.45, 7) is 1.24. The molecular formula is C19H20ClN3O3. The van der Waals surface area contributed by atoms with Gasteiger partial charge in [-0.1, -0.05) is 17.7 Å². The quantitative estimate of drug-likeness (QED) is 0.623. The third kappa shape index (κ3) is 4.33. The van der Waals surface area contributed by atoms with Gasteiger partial charge in [0.2, 0.25) is 11.8 Å². The second kappa shape index (κ2) is 8.21. The van der Waals surface area contributed by atoms with Crippen LogP contribution in [0, 0.1) is 0 Å². The van der Waals surface area contributed by atoms with E-state index in [0.717, 1.165) is 11.1 Å². The Labute approximate surface area is 157 Å². The van der Waals surface area contributed by atoms with Crippen molar-refractivity contribution in [3.63, 3.8) is 0 Å². The van der Waals surface area contributed by atoms with E-state index in [1.807, 2.05) is 37.4 Å². The van der Waals surface area contributed by atoms with E-state index in [0.29, 0.717) is 41.4 Å². The highest BCUT2D eigenvalue weighted by molar-refractivity contribution is 6.30. The number of methoxy groups -OCH3 is 2. The minimum absolute atomic E-state index is 0.483. The molecule has 0 bridgehead atoms. The molecule has 2 aromatic carbocycles. The van der Waals surface area contributed by atoms with Crippen LogP contribution in [-0.2, 0) is 13.1 Å². The van der Waals surface area contributed by atoms with Gasteiger partial charge in [0.1, 0.15) is 0 Å². The summed E-state index contributed by atoms with van der Waals surface area (Å²) in [7, 11) is 5.24. The lowest BCUT2D eigenvalue weighted by molar-refractivity contribution is 0.282. The maximum absolute atomic E-state index is 5.90. The highest BCUT2D eigenvalue weighted by atomic mass is 35.5. The van der Waals surface area contributed by atoms with Gasteiger partial charge in [-0.05, 0) is 49.0 Å². The van der Waals surface area contributed by atoms with Crippen LogP contribution in [0.15, 0.2) is 46.9 Å². The van der Waals surface area contributed by atoms with Crippen molar-refractivity contribution in [2.24, 2.45) is 0 Å². The summed E-state index contributed by atoms with van der Waals surface area (Å²) in [5.41, 5.74) is 1.94. The van der Waals surface area contributed by atoms with Gasteiger partial charge in [0.15, 0.2) is 11.5 Å². The standard InChI is InChI=1S/C19H20ClN3O3/c1-23(11-13-4-9-16(24-2)17(10-13)25-3)12-18-21-22-19(26-18)14-5-7-15(20)8-6-14/h4-10H,11-12H2,1-3H3. The Balaban J connectivity index is 1.65. The molecule has 0 aliphatic rings. The SMILES string of the molecule is COc1ccc(CN(C)Cc2nnc(-c3ccc(Cl)cc3)o2)cc1OC. The smallest absolute Gasteiger partial charge is 0.247 e. The van der Waals surface area contributed by atoms with Gasteiger partial charge in [0.05, 0.1) is 20.8 Å². The number of hydrogen-bond donors (Lipinski definition) is 0. The Kier molecular flexibility index (Phi) is 5.75. The summed E-state index contributed by atoms with van der Waals surface area (Å²) in [6.07, 6.45) is 0.